The summed E-state index contributed by atoms with van der Waals surface area (Å²) in [7, 11) is 0. The average molecular weight is 445 g/mol. The van der Waals surface area contributed by atoms with E-state index in [0.29, 0.717) is 35.6 Å². The van der Waals surface area contributed by atoms with Crippen molar-refractivity contribution in [1.29, 1.82) is 0 Å². The van der Waals surface area contributed by atoms with Crippen LogP contribution in [0.4, 0.5) is 4.39 Å². The van der Waals surface area contributed by atoms with Gasteiger partial charge >= 0.3 is 0 Å². The van der Waals surface area contributed by atoms with Gasteiger partial charge in [-0.05, 0) is 69.0 Å². The molecule has 0 amide bonds. The van der Waals surface area contributed by atoms with Crippen molar-refractivity contribution in [2.24, 2.45) is 5.41 Å². The Morgan fingerprint density at radius 1 is 1.06 bits per heavy atom. The van der Waals surface area contributed by atoms with Crippen LogP contribution in [0.25, 0.3) is 22.8 Å². The molecule has 1 aliphatic carbocycles. The van der Waals surface area contributed by atoms with Gasteiger partial charge in [-0.1, -0.05) is 35.0 Å². The van der Waals surface area contributed by atoms with Gasteiger partial charge in [-0.2, -0.15) is 4.98 Å². The van der Waals surface area contributed by atoms with Crippen LogP contribution in [-0.4, -0.2) is 38.3 Å². The van der Waals surface area contributed by atoms with Crippen molar-refractivity contribution in [2.45, 2.75) is 38.6 Å². The molecule has 7 nitrogen and oxygen atoms in total. The van der Waals surface area contributed by atoms with Gasteiger partial charge in [-0.3, -0.25) is 4.90 Å². The van der Waals surface area contributed by atoms with E-state index in [1.54, 1.807) is 12.1 Å². The zero-order chi connectivity index (χ0) is 22.4. The lowest BCUT2D eigenvalue weighted by molar-refractivity contribution is 0.144. The molecule has 2 fully saturated rings. The highest BCUT2D eigenvalue weighted by Gasteiger charge is 2.58. The summed E-state index contributed by atoms with van der Waals surface area (Å²) in [5.74, 6) is 2.30. The molecule has 3 heterocycles. The number of nitrogens with zero attached hydrogens (tertiary/aromatic N) is 5. The van der Waals surface area contributed by atoms with Gasteiger partial charge in [0, 0.05) is 17.0 Å². The minimum Gasteiger partial charge on any atom is -0.420 e. The van der Waals surface area contributed by atoms with Crippen LogP contribution in [0.3, 0.4) is 0 Å². The molecular weight excluding hydrogens is 421 g/mol. The molecule has 0 unspecified atom stereocenters. The number of aryl methyl sites for hydroxylation is 1. The van der Waals surface area contributed by atoms with Gasteiger partial charge in [0.2, 0.25) is 23.5 Å². The van der Waals surface area contributed by atoms with Crippen LogP contribution >= 0.6 is 0 Å². The minimum atomic E-state index is -0.310. The third-order valence-corrected chi connectivity index (χ3v) is 6.96. The Morgan fingerprint density at radius 2 is 1.88 bits per heavy atom. The van der Waals surface area contributed by atoms with E-state index >= 15 is 0 Å². The maximum atomic E-state index is 13.5. The topological polar surface area (TPSA) is 81.1 Å². The van der Waals surface area contributed by atoms with E-state index in [2.05, 4.69) is 44.3 Å². The fourth-order valence-electron chi connectivity index (χ4n) is 4.93. The Kier molecular flexibility index (Phi) is 4.83. The average Bonchev–Trinajstić information content (AvgIpc) is 3.18. The number of rotatable bonds is 5. The summed E-state index contributed by atoms with van der Waals surface area (Å²) in [5.41, 5.74) is 2.98. The zero-order valence-electron chi connectivity index (χ0n) is 18.4. The molecule has 2 aromatic heterocycles. The number of aromatic nitrogens is 4. The van der Waals surface area contributed by atoms with Gasteiger partial charge in [0.15, 0.2) is 0 Å². The summed E-state index contributed by atoms with van der Waals surface area (Å²) in [6.07, 6.45) is 3.19. The quantitative estimate of drug-likeness (QED) is 0.427. The van der Waals surface area contributed by atoms with Crippen molar-refractivity contribution in [2.75, 3.05) is 13.1 Å². The van der Waals surface area contributed by atoms with Crippen LogP contribution in [0.15, 0.2) is 57.5 Å². The molecule has 168 valence electrons. The predicted octanol–water partition coefficient (Wildman–Crippen LogP) is 5.00. The second-order valence-electron chi connectivity index (χ2n) is 9.23. The van der Waals surface area contributed by atoms with Crippen molar-refractivity contribution in [3.05, 3.63) is 71.7 Å². The van der Waals surface area contributed by atoms with Gasteiger partial charge in [-0.25, -0.2) is 4.39 Å². The molecular formula is C25H24FN5O2. The highest BCUT2D eigenvalue weighted by atomic mass is 19.1. The smallest absolute Gasteiger partial charge is 0.247 e. The molecule has 1 atom stereocenters. The van der Waals surface area contributed by atoms with Crippen molar-refractivity contribution in [3.63, 3.8) is 0 Å². The summed E-state index contributed by atoms with van der Waals surface area (Å²) in [4.78, 5) is 6.95. The summed E-state index contributed by atoms with van der Waals surface area (Å²) >= 11 is 0. The molecule has 33 heavy (non-hydrogen) atoms. The Balaban J connectivity index is 1.07. The van der Waals surface area contributed by atoms with Gasteiger partial charge in [0.25, 0.3) is 0 Å². The Hall–Kier alpha value is -3.39. The SMILES string of the molecule is Cc1cccc(-c2noc(CN3CCC4(CC3)C[C@@H]4c3nnc(-c4cccc(F)c4)o3)n2)c1. The molecule has 4 aromatic rings. The Bertz CT molecular complexity index is 1290. The molecule has 6 rings (SSSR count). The molecule has 2 aromatic carbocycles. The normalized spacial score (nSPS) is 19.8. The monoisotopic (exact) mass is 445 g/mol. The Morgan fingerprint density at radius 3 is 2.70 bits per heavy atom. The van der Waals surface area contributed by atoms with E-state index in [1.807, 2.05) is 12.1 Å². The largest absolute Gasteiger partial charge is 0.420 e. The van der Waals surface area contributed by atoms with Gasteiger partial charge < -0.3 is 8.94 Å². The number of benzene rings is 2. The highest BCUT2D eigenvalue weighted by molar-refractivity contribution is 5.55. The third-order valence-electron chi connectivity index (χ3n) is 6.96. The number of piperidine rings is 1. The first-order valence-corrected chi connectivity index (χ1v) is 11.3. The Labute approximate surface area is 190 Å². The van der Waals surface area contributed by atoms with E-state index in [9.17, 15) is 4.39 Å². The van der Waals surface area contributed by atoms with E-state index in [4.69, 9.17) is 8.94 Å². The maximum absolute atomic E-state index is 13.5. The lowest BCUT2D eigenvalue weighted by Crippen LogP contribution is -2.34. The van der Waals surface area contributed by atoms with Crippen LogP contribution < -0.4 is 0 Å². The molecule has 1 spiro atoms. The summed E-state index contributed by atoms with van der Waals surface area (Å²) < 4.78 is 24.9. The predicted molar refractivity (Wildman–Crippen MR) is 118 cm³/mol. The van der Waals surface area contributed by atoms with Crippen LogP contribution in [-0.2, 0) is 6.54 Å². The lowest BCUT2D eigenvalue weighted by Gasteiger charge is -2.31. The molecule has 0 N–H and O–H groups in total. The second-order valence-corrected chi connectivity index (χ2v) is 9.23. The summed E-state index contributed by atoms with van der Waals surface area (Å²) in [5, 5.41) is 12.6. The molecule has 0 radical (unpaired) electrons. The lowest BCUT2D eigenvalue weighted by atomic mass is 9.91. The third kappa shape index (κ3) is 3.95. The van der Waals surface area contributed by atoms with Crippen molar-refractivity contribution >= 4 is 0 Å². The van der Waals surface area contributed by atoms with E-state index in [-0.39, 0.29) is 17.2 Å². The fourth-order valence-corrected chi connectivity index (χ4v) is 4.93. The molecule has 2 aliphatic rings. The van der Waals surface area contributed by atoms with E-state index < -0.39 is 0 Å². The number of likely N-dealkylation sites (tertiary alicyclic amines) is 1. The van der Waals surface area contributed by atoms with Crippen LogP contribution in [0.2, 0.25) is 0 Å². The first-order valence-electron chi connectivity index (χ1n) is 11.3. The minimum absolute atomic E-state index is 0.226. The zero-order valence-corrected chi connectivity index (χ0v) is 18.4. The maximum Gasteiger partial charge on any atom is 0.247 e. The summed E-state index contributed by atoms with van der Waals surface area (Å²) in [6, 6.07) is 14.4. The second kappa shape index (κ2) is 7.88. The van der Waals surface area contributed by atoms with Crippen LogP contribution in [0, 0.1) is 18.2 Å². The first-order chi connectivity index (χ1) is 16.1. The van der Waals surface area contributed by atoms with Crippen molar-refractivity contribution in [1.82, 2.24) is 25.2 Å². The fraction of sp³-hybridized carbons (Fsp3) is 0.360. The standard InChI is InChI=1S/C25H24FN5O2/c1-16-4-2-5-17(12-16)22-27-21(33-30-22)15-31-10-8-25(9-11-31)14-20(25)24-29-28-23(32-24)18-6-3-7-19(26)13-18/h2-7,12-13,20H,8-11,14-15H2,1H3/t20-/m1/s1. The molecule has 1 aliphatic heterocycles. The molecule has 1 saturated heterocycles. The van der Waals surface area contributed by atoms with Crippen LogP contribution in [0.1, 0.15) is 42.5 Å². The van der Waals surface area contributed by atoms with Gasteiger partial charge in [0.1, 0.15) is 5.82 Å². The van der Waals surface area contributed by atoms with Gasteiger partial charge in [0.05, 0.1) is 6.54 Å². The molecule has 1 saturated carbocycles. The van der Waals surface area contributed by atoms with E-state index in [0.717, 1.165) is 37.9 Å². The van der Waals surface area contributed by atoms with Crippen LogP contribution in [0.5, 0.6) is 0 Å². The van der Waals surface area contributed by atoms with E-state index in [1.165, 1.54) is 17.7 Å². The van der Waals surface area contributed by atoms with Crippen molar-refractivity contribution in [3.8, 4) is 22.8 Å². The summed E-state index contributed by atoms with van der Waals surface area (Å²) in [6.45, 7) is 4.63. The highest BCUT2D eigenvalue weighted by Crippen LogP contribution is 2.64. The van der Waals surface area contributed by atoms with Crippen molar-refractivity contribution < 1.29 is 13.3 Å². The molecule has 8 heteroatoms. The first kappa shape index (κ1) is 20.2. The number of halogens is 1. The number of hydrogen-bond acceptors (Lipinski definition) is 7. The molecule has 0 bridgehead atoms. The number of hydrogen-bond donors (Lipinski definition) is 0. The van der Waals surface area contributed by atoms with Gasteiger partial charge in [-0.15, -0.1) is 10.2 Å².